The molecule has 0 radical (unpaired) electrons. The molecule has 1 aromatic heterocycles. The highest BCUT2D eigenvalue weighted by Crippen LogP contribution is 2.15. The number of amides is 2. The van der Waals surface area contributed by atoms with E-state index in [1.807, 2.05) is 6.92 Å². The molecule has 2 heterocycles. The summed E-state index contributed by atoms with van der Waals surface area (Å²) in [5.41, 5.74) is 1.04. The van der Waals surface area contributed by atoms with Gasteiger partial charge in [0.1, 0.15) is 5.69 Å². The molecule has 144 valence electrons. The van der Waals surface area contributed by atoms with Gasteiger partial charge in [-0.1, -0.05) is 0 Å². The highest BCUT2D eigenvalue weighted by molar-refractivity contribution is 5.92. The maximum absolute atomic E-state index is 12.8. The van der Waals surface area contributed by atoms with Crippen LogP contribution in [0.15, 0.2) is 12.4 Å². The summed E-state index contributed by atoms with van der Waals surface area (Å²) in [6, 6.07) is 0. The third kappa shape index (κ3) is 6.68. The van der Waals surface area contributed by atoms with Gasteiger partial charge in [-0.3, -0.25) is 14.6 Å². The normalized spacial score (nSPS) is 16.5. The molecule has 8 nitrogen and oxygen atoms in total. The molecule has 1 N–H and O–H groups in total. The van der Waals surface area contributed by atoms with Gasteiger partial charge in [0.15, 0.2) is 0 Å². The van der Waals surface area contributed by atoms with Gasteiger partial charge in [0.2, 0.25) is 5.91 Å². The molecule has 2 amide bonds. The molecular formula is C18H28N4O4. The van der Waals surface area contributed by atoms with Crippen LogP contribution < -0.4 is 5.32 Å². The molecule has 0 saturated carbocycles. The third-order valence-electron chi connectivity index (χ3n) is 4.19. The second kappa shape index (κ2) is 10.8. The summed E-state index contributed by atoms with van der Waals surface area (Å²) in [5, 5.41) is 2.84. The zero-order valence-corrected chi connectivity index (χ0v) is 15.6. The van der Waals surface area contributed by atoms with Gasteiger partial charge in [-0.2, -0.15) is 0 Å². The lowest BCUT2D eigenvalue weighted by molar-refractivity contribution is -0.121. The van der Waals surface area contributed by atoms with E-state index >= 15 is 0 Å². The van der Waals surface area contributed by atoms with Gasteiger partial charge in [0.05, 0.1) is 18.0 Å². The van der Waals surface area contributed by atoms with Crippen LogP contribution >= 0.6 is 0 Å². The van der Waals surface area contributed by atoms with Crippen molar-refractivity contribution in [3.63, 3.8) is 0 Å². The van der Waals surface area contributed by atoms with E-state index in [2.05, 4.69) is 15.3 Å². The van der Waals surface area contributed by atoms with E-state index in [9.17, 15) is 9.59 Å². The third-order valence-corrected chi connectivity index (χ3v) is 4.19. The summed E-state index contributed by atoms with van der Waals surface area (Å²) < 4.78 is 10.6. The number of nitrogens with one attached hydrogen (secondary N) is 1. The van der Waals surface area contributed by atoms with Crippen molar-refractivity contribution in [2.75, 3.05) is 40.0 Å². The number of hydrogen-bond acceptors (Lipinski definition) is 6. The first-order valence-corrected chi connectivity index (χ1v) is 9.05. The van der Waals surface area contributed by atoms with Crippen LogP contribution in [0.4, 0.5) is 0 Å². The van der Waals surface area contributed by atoms with Crippen LogP contribution in [0.2, 0.25) is 0 Å². The monoisotopic (exact) mass is 364 g/mol. The lowest BCUT2D eigenvalue weighted by Crippen LogP contribution is -2.40. The summed E-state index contributed by atoms with van der Waals surface area (Å²) in [6.07, 6.45) is 5.99. The number of methoxy groups -OCH3 is 1. The van der Waals surface area contributed by atoms with Crippen molar-refractivity contribution >= 4 is 11.8 Å². The minimum Gasteiger partial charge on any atom is -0.385 e. The quantitative estimate of drug-likeness (QED) is 0.621. The van der Waals surface area contributed by atoms with Gasteiger partial charge >= 0.3 is 0 Å². The Morgan fingerprint density at radius 2 is 2.23 bits per heavy atom. The molecule has 0 aliphatic carbocycles. The van der Waals surface area contributed by atoms with Crippen LogP contribution in [-0.4, -0.2) is 72.7 Å². The van der Waals surface area contributed by atoms with E-state index in [1.54, 1.807) is 18.2 Å². The number of aromatic nitrogens is 2. The first kappa shape index (κ1) is 20.3. The molecule has 1 aliphatic heterocycles. The standard InChI is InChI=1S/C18H28N4O4/c1-14-11-21-16(12-20-14)18(24)22(13-15-5-3-10-26-15)8-6-17(23)19-7-4-9-25-2/h11-12,15H,3-10,13H2,1-2H3,(H,19,23)/t15-/m1/s1. The highest BCUT2D eigenvalue weighted by Gasteiger charge is 2.24. The predicted molar refractivity (Wildman–Crippen MR) is 95.8 cm³/mol. The number of aryl methyl sites for hydroxylation is 1. The lowest BCUT2D eigenvalue weighted by atomic mass is 10.2. The van der Waals surface area contributed by atoms with E-state index in [4.69, 9.17) is 9.47 Å². The predicted octanol–water partition coefficient (Wildman–Crippen LogP) is 0.949. The van der Waals surface area contributed by atoms with E-state index < -0.39 is 0 Å². The SMILES string of the molecule is COCCCNC(=O)CCN(C[C@H]1CCCO1)C(=O)c1cnc(C)cn1. The minimum atomic E-state index is -0.222. The molecule has 1 aliphatic rings. The van der Waals surface area contributed by atoms with Crippen LogP contribution in [0.1, 0.15) is 41.9 Å². The van der Waals surface area contributed by atoms with Crippen molar-refractivity contribution in [3.8, 4) is 0 Å². The zero-order valence-electron chi connectivity index (χ0n) is 15.6. The molecule has 1 saturated heterocycles. The summed E-state index contributed by atoms with van der Waals surface area (Å²) in [4.78, 5) is 34.7. The molecule has 1 atom stereocenters. The summed E-state index contributed by atoms with van der Waals surface area (Å²) in [6.45, 7) is 4.50. The van der Waals surface area contributed by atoms with Crippen molar-refractivity contribution in [1.82, 2.24) is 20.2 Å². The Kier molecular flexibility index (Phi) is 8.43. The topological polar surface area (TPSA) is 93.7 Å². The Morgan fingerprint density at radius 1 is 1.38 bits per heavy atom. The maximum Gasteiger partial charge on any atom is 0.274 e. The van der Waals surface area contributed by atoms with Crippen molar-refractivity contribution < 1.29 is 19.1 Å². The fourth-order valence-corrected chi connectivity index (χ4v) is 2.74. The Hall–Kier alpha value is -2.06. The maximum atomic E-state index is 12.8. The van der Waals surface area contributed by atoms with E-state index in [1.165, 1.54) is 6.20 Å². The summed E-state index contributed by atoms with van der Waals surface area (Å²) >= 11 is 0. The minimum absolute atomic E-state index is 0.0159. The fourth-order valence-electron chi connectivity index (χ4n) is 2.74. The van der Waals surface area contributed by atoms with Crippen molar-refractivity contribution in [2.45, 2.75) is 38.7 Å². The molecule has 0 bridgehead atoms. The Balaban J connectivity index is 1.91. The molecule has 1 aromatic rings. The second-order valence-corrected chi connectivity index (χ2v) is 6.38. The number of rotatable bonds is 10. The molecular weight excluding hydrogens is 336 g/mol. The Bertz CT molecular complexity index is 573. The van der Waals surface area contributed by atoms with Crippen LogP contribution in [0.5, 0.6) is 0 Å². The van der Waals surface area contributed by atoms with E-state index in [0.717, 1.165) is 31.6 Å². The molecule has 2 rings (SSSR count). The number of carbonyl (C=O) groups excluding carboxylic acids is 2. The average molecular weight is 364 g/mol. The van der Waals surface area contributed by atoms with Crippen LogP contribution in [0.25, 0.3) is 0 Å². The first-order valence-electron chi connectivity index (χ1n) is 9.05. The van der Waals surface area contributed by atoms with Gasteiger partial charge in [-0.25, -0.2) is 4.98 Å². The smallest absolute Gasteiger partial charge is 0.274 e. The molecule has 8 heteroatoms. The number of ether oxygens (including phenoxy) is 2. The average Bonchev–Trinajstić information content (AvgIpc) is 3.15. The van der Waals surface area contributed by atoms with E-state index in [-0.39, 0.29) is 30.0 Å². The molecule has 26 heavy (non-hydrogen) atoms. The number of hydrogen-bond donors (Lipinski definition) is 1. The van der Waals surface area contributed by atoms with Crippen LogP contribution in [0.3, 0.4) is 0 Å². The van der Waals surface area contributed by atoms with Crippen molar-refractivity contribution in [2.24, 2.45) is 0 Å². The fraction of sp³-hybridized carbons (Fsp3) is 0.667. The second-order valence-electron chi connectivity index (χ2n) is 6.38. The summed E-state index contributed by atoms with van der Waals surface area (Å²) in [5.74, 6) is -0.304. The van der Waals surface area contributed by atoms with Gasteiger partial charge in [-0.15, -0.1) is 0 Å². The first-order chi connectivity index (χ1) is 12.6. The van der Waals surface area contributed by atoms with Gasteiger partial charge in [0, 0.05) is 52.6 Å². The largest absolute Gasteiger partial charge is 0.385 e. The molecule has 1 fully saturated rings. The molecule has 0 aromatic carbocycles. The van der Waals surface area contributed by atoms with Crippen LogP contribution in [-0.2, 0) is 14.3 Å². The Morgan fingerprint density at radius 3 is 2.88 bits per heavy atom. The number of nitrogens with zero attached hydrogens (tertiary/aromatic N) is 3. The van der Waals surface area contributed by atoms with E-state index in [0.29, 0.717) is 26.2 Å². The Labute approximate surface area is 154 Å². The van der Waals surface area contributed by atoms with Gasteiger partial charge in [-0.05, 0) is 26.2 Å². The highest BCUT2D eigenvalue weighted by atomic mass is 16.5. The van der Waals surface area contributed by atoms with Crippen molar-refractivity contribution in [3.05, 3.63) is 23.8 Å². The zero-order chi connectivity index (χ0) is 18.8. The van der Waals surface area contributed by atoms with Crippen LogP contribution in [0, 0.1) is 6.92 Å². The lowest BCUT2D eigenvalue weighted by Gasteiger charge is -2.25. The van der Waals surface area contributed by atoms with Gasteiger partial charge < -0.3 is 19.7 Å². The summed E-state index contributed by atoms with van der Waals surface area (Å²) in [7, 11) is 1.63. The van der Waals surface area contributed by atoms with Gasteiger partial charge in [0.25, 0.3) is 5.91 Å². The molecule has 0 unspecified atom stereocenters. The molecule has 0 spiro atoms. The van der Waals surface area contributed by atoms with Crippen molar-refractivity contribution in [1.29, 1.82) is 0 Å². The number of carbonyl (C=O) groups is 2.